The molecule has 2 saturated heterocycles. The minimum atomic E-state index is -0.541. The van der Waals surface area contributed by atoms with Gasteiger partial charge in [-0.25, -0.2) is 9.78 Å². The van der Waals surface area contributed by atoms with Crippen LogP contribution in [-0.2, 0) is 14.0 Å². The van der Waals surface area contributed by atoms with Gasteiger partial charge in [0, 0.05) is 11.7 Å². The zero-order valence-corrected chi connectivity index (χ0v) is 17.2. The van der Waals surface area contributed by atoms with Crippen molar-refractivity contribution >= 4 is 18.7 Å². The molecule has 0 saturated carbocycles. The Hall–Kier alpha value is -1.80. The van der Waals surface area contributed by atoms with Crippen molar-refractivity contribution in [3.63, 3.8) is 0 Å². The van der Waals surface area contributed by atoms with Crippen molar-refractivity contribution in [2.75, 3.05) is 13.1 Å². The van der Waals surface area contributed by atoms with E-state index < -0.39 is 23.9 Å². The Morgan fingerprint density at radius 3 is 2.37 bits per heavy atom. The molecular formula is C19H29BN2O5. The van der Waals surface area contributed by atoms with E-state index in [1.54, 1.807) is 11.1 Å². The van der Waals surface area contributed by atoms with Crippen molar-refractivity contribution in [1.29, 1.82) is 0 Å². The second kappa shape index (κ2) is 6.67. The van der Waals surface area contributed by atoms with Crippen LogP contribution in [0, 0.1) is 0 Å². The highest BCUT2D eigenvalue weighted by Crippen LogP contribution is 2.37. The molecule has 2 aliphatic heterocycles. The van der Waals surface area contributed by atoms with Gasteiger partial charge in [0.25, 0.3) is 0 Å². The Kier molecular flexibility index (Phi) is 4.93. The number of nitrogens with zero attached hydrogens (tertiary/aromatic N) is 2. The van der Waals surface area contributed by atoms with Crippen molar-refractivity contribution < 1.29 is 23.6 Å². The maximum absolute atomic E-state index is 12.1. The molecule has 148 valence electrons. The number of carbonyl (C=O) groups excluding carboxylic acids is 1. The molecular weight excluding hydrogens is 347 g/mol. The molecule has 8 heteroatoms. The molecule has 0 aliphatic carbocycles. The van der Waals surface area contributed by atoms with Crippen LogP contribution in [0.25, 0.3) is 0 Å². The van der Waals surface area contributed by atoms with E-state index in [4.69, 9.17) is 18.8 Å². The Morgan fingerprint density at radius 2 is 1.81 bits per heavy atom. The number of ether oxygens (including phenoxy) is 2. The van der Waals surface area contributed by atoms with Crippen molar-refractivity contribution in [2.45, 2.75) is 71.4 Å². The quantitative estimate of drug-likeness (QED) is 0.755. The number of likely N-dealkylation sites (tertiary alicyclic amines) is 1. The van der Waals surface area contributed by atoms with Crippen LogP contribution in [0.2, 0.25) is 0 Å². The second-order valence-corrected chi connectivity index (χ2v) is 9.11. The highest BCUT2D eigenvalue weighted by molar-refractivity contribution is 6.63. The molecule has 0 atom stereocenters. The van der Waals surface area contributed by atoms with Crippen LogP contribution in [0.5, 0.6) is 5.88 Å². The van der Waals surface area contributed by atoms with Gasteiger partial charge in [-0.3, -0.25) is 0 Å². The van der Waals surface area contributed by atoms with Gasteiger partial charge in [-0.2, -0.15) is 0 Å². The summed E-state index contributed by atoms with van der Waals surface area (Å²) in [5.41, 5.74) is -0.621. The zero-order chi connectivity index (χ0) is 20.0. The van der Waals surface area contributed by atoms with Gasteiger partial charge in [0.05, 0.1) is 24.3 Å². The molecule has 27 heavy (non-hydrogen) atoms. The monoisotopic (exact) mass is 376 g/mol. The molecule has 2 fully saturated rings. The second-order valence-electron chi connectivity index (χ2n) is 9.11. The molecule has 3 rings (SSSR count). The van der Waals surface area contributed by atoms with E-state index in [0.717, 1.165) is 5.46 Å². The minimum absolute atomic E-state index is 0.131. The van der Waals surface area contributed by atoms with Crippen LogP contribution in [-0.4, -0.2) is 59.1 Å². The molecule has 1 aromatic rings. The molecule has 2 aliphatic rings. The van der Waals surface area contributed by atoms with Gasteiger partial charge in [0.1, 0.15) is 11.7 Å². The van der Waals surface area contributed by atoms with Gasteiger partial charge in [-0.1, -0.05) is 6.07 Å². The lowest BCUT2D eigenvalue weighted by atomic mass is 9.79. The molecule has 0 N–H and O–H groups in total. The topological polar surface area (TPSA) is 70.1 Å². The first-order chi connectivity index (χ1) is 12.4. The predicted molar refractivity (Wildman–Crippen MR) is 102 cm³/mol. The minimum Gasteiger partial charge on any atom is -0.471 e. The van der Waals surface area contributed by atoms with Crippen LogP contribution in [0.1, 0.15) is 48.5 Å². The largest absolute Gasteiger partial charge is 0.500 e. The lowest BCUT2D eigenvalue weighted by Crippen LogP contribution is -2.57. The summed E-state index contributed by atoms with van der Waals surface area (Å²) in [5, 5.41) is 0. The summed E-state index contributed by atoms with van der Waals surface area (Å²) in [6, 6.07) is 3.73. The molecule has 1 amide bonds. The summed E-state index contributed by atoms with van der Waals surface area (Å²) in [6.07, 6.45) is 1.22. The summed E-state index contributed by atoms with van der Waals surface area (Å²) in [5.74, 6) is 0.477. The van der Waals surface area contributed by atoms with Crippen LogP contribution in [0.3, 0.4) is 0 Å². The Labute approximate surface area is 161 Å². The fourth-order valence-corrected chi connectivity index (χ4v) is 2.80. The van der Waals surface area contributed by atoms with Crippen LogP contribution in [0.15, 0.2) is 18.3 Å². The van der Waals surface area contributed by atoms with E-state index in [-0.39, 0.29) is 12.2 Å². The molecule has 3 heterocycles. The van der Waals surface area contributed by atoms with E-state index in [1.165, 1.54) is 0 Å². The molecule has 0 radical (unpaired) electrons. The van der Waals surface area contributed by atoms with Gasteiger partial charge in [0.15, 0.2) is 0 Å². The Bertz CT molecular complexity index is 694. The van der Waals surface area contributed by atoms with E-state index in [2.05, 4.69) is 4.98 Å². The zero-order valence-electron chi connectivity index (χ0n) is 17.2. The van der Waals surface area contributed by atoms with Gasteiger partial charge < -0.3 is 23.7 Å². The summed E-state index contributed by atoms with van der Waals surface area (Å²) in [6.45, 7) is 14.5. The molecule has 0 bridgehead atoms. The van der Waals surface area contributed by atoms with E-state index in [1.807, 2.05) is 60.6 Å². The van der Waals surface area contributed by atoms with E-state index in [9.17, 15) is 4.79 Å². The number of pyridine rings is 1. The Morgan fingerprint density at radius 1 is 1.22 bits per heavy atom. The van der Waals surface area contributed by atoms with E-state index in [0.29, 0.717) is 19.0 Å². The lowest BCUT2D eigenvalue weighted by Gasteiger charge is -2.39. The third-order valence-corrected chi connectivity index (χ3v) is 5.09. The standard InChI is InChI=1S/C19H29BN2O5/c1-17(2,3)25-16(23)22-11-13(12-22)24-15-14(9-8-10-21-15)20-26-18(4,5)19(6,7)27-20/h8-10,13H,11-12H2,1-7H3. The Balaban J connectivity index is 1.63. The van der Waals surface area contributed by atoms with Crippen LogP contribution in [0.4, 0.5) is 4.79 Å². The van der Waals surface area contributed by atoms with Gasteiger partial charge in [-0.05, 0) is 54.5 Å². The third-order valence-electron chi connectivity index (χ3n) is 5.09. The highest BCUT2D eigenvalue weighted by Gasteiger charge is 2.53. The number of hydrogen-bond acceptors (Lipinski definition) is 6. The molecule has 0 spiro atoms. The van der Waals surface area contributed by atoms with Crippen LogP contribution >= 0.6 is 0 Å². The molecule has 1 aromatic heterocycles. The number of rotatable bonds is 3. The lowest BCUT2D eigenvalue weighted by molar-refractivity contribution is -0.0230. The normalized spacial score (nSPS) is 21.7. The number of carbonyl (C=O) groups is 1. The highest BCUT2D eigenvalue weighted by atomic mass is 16.7. The van der Waals surface area contributed by atoms with Crippen molar-refractivity contribution in [3.8, 4) is 5.88 Å². The summed E-state index contributed by atoms with van der Waals surface area (Å²) >= 11 is 0. The molecule has 0 aromatic carbocycles. The average molecular weight is 376 g/mol. The van der Waals surface area contributed by atoms with Crippen molar-refractivity contribution in [1.82, 2.24) is 9.88 Å². The van der Waals surface area contributed by atoms with Crippen LogP contribution < -0.4 is 10.2 Å². The maximum Gasteiger partial charge on any atom is 0.500 e. The molecule has 7 nitrogen and oxygen atoms in total. The third kappa shape index (κ3) is 4.22. The first-order valence-electron chi connectivity index (χ1n) is 9.33. The SMILES string of the molecule is CC(C)(C)OC(=O)N1CC(Oc2ncccc2B2OC(C)(C)C(C)(C)O2)C1. The first kappa shape index (κ1) is 20.0. The van der Waals surface area contributed by atoms with E-state index >= 15 is 0 Å². The summed E-state index contributed by atoms with van der Waals surface area (Å²) in [7, 11) is -0.541. The van der Waals surface area contributed by atoms with Gasteiger partial charge in [0.2, 0.25) is 5.88 Å². The fourth-order valence-electron chi connectivity index (χ4n) is 2.80. The predicted octanol–water partition coefficient (Wildman–Crippen LogP) is 2.38. The summed E-state index contributed by atoms with van der Waals surface area (Å²) in [4.78, 5) is 18.0. The van der Waals surface area contributed by atoms with Gasteiger partial charge in [-0.15, -0.1) is 0 Å². The fraction of sp³-hybridized carbons (Fsp3) is 0.684. The van der Waals surface area contributed by atoms with Crippen molar-refractivity contribution in [2.24, 2.45) is 0 Å². The number of amides is 1. The molecule has 0 unspecified atom stereocenters. The van der Waals surface area contributed by atoms with Gasteiger partial charge >= 0.3 is 13.2 Å². The average Bonchev–Trinajstić information content (AvgIpc) is 2.69. The maximum atomic E-state index is 12.1. The number of hydrogen-bond donors (Lipinski definition) is 0. The van der Waals surface area contributed by atoms with Crippen molar-refractivity contribution in [3.05, 3.63) is 18.3 Å². The first-order valence-corrected chi connectivity index (χ1v) is 9.33. The smallest absolute Gasteiger partial charge is 0.471 e. The number of aromatic nitrogens is 1. The summed E-state index contributed by atoms with van der Waals surface area (Å²) < 4.78 is 23.6.